The van der Waals surface area contributed by atoms with Crippen molar-refractivity contribution in [3.8, 4) is 0 Å². The Morgan fingerprint density at radius 2 is 1.93 bits per heavy atom. The van der Waals surface area contributed by atoms with Crippen LogP contribution in [0, 0.1) is 0 Å². The van der Waals surface area contributed by atoms with Crippen LogP contribution in [0.1, 0.15) is 18.4 Å². The second-order valence-electron chi connectivity index (χ2n) is 6.72. The second-order valence-corrected chi connectivity index (χ2v) is 9.04. The van der Waals surface area contributed by atoms with Crippen molar-refractivity contribution in [2.45, 2.75) is 23.8 Å². The fourth-order valence-electron chi connectivity index (χ4n) is 3.95. The minimum Gasteiger partial charge on any atom is -0.311 e. The van der Waals surface area contributed by atoms with Crippen LogP contribution in [0.2, 0.25) is 0 Å². The number of para-hydroxylation sites is 1. The number of hydrogen-bond donors (Lipinski definition) is 1. The smallest absolute Gasteiger partial charge is 0.249 e. The van der Waals surface area contributed by atoms with Gasteiger partial charge >= 0.3 is 0 Å². The number of fused-ring (bicyclic) bond motifs is 2. The number of benzene rings is 2. The SMILES string of the molecule is O=C(Nc1nc2ccccc2s1)[C@H]1CS[C@@]2(c3ccccc3)CCC(=O)N12. The highest BCUT2D eigenvalue weighted by Crippen LogP contribution is 2.54. The summed E-state index contributed by atoms with van der Waals surface area (Å²) in [5.74, 6) is 0.486. The van der Waals surface area contributed by atoms with Gasteiger partial charge in [0.1, 0.15) is 10.9 Å². The molecule has 3 aromatic rings. The van der Waals surface area contributed by atoms with Crippen LogP contribution in [0.15, 0.2) is 54.6 Å². The molecule has 1 N–H and O–H groups in total. The van der Waals surface area contributed by atoms with Gasteiger partial charge in [0, 0.05) is 12.2 Å². The number of thiazole rings is 1. The van der Waals surface area contributed by atoms with E-state index < -0.39 is 10.9 Å². The molecule has 2 amide bonds. The molecule has 3 heterocycles. The van der Waals surface area contributed by atoms with Gasteiger partial charge in [0.05, 0.1) is 10.2 Å². The summed E-state index contributed by atoms with van der Waals surface area (Å²) in [5, 5.41) is 3.52. The van der Waals surface area contributed by atoms with Gasteiger partial charge in [-0.2, -0.15) is 0 Å². The summed E-state index contributed by atoms with van der Waals surface area (Å²) in [6, 6.07) is 17.4. The van der Waals surface area contributed by atoms with Crippen molar-refractivity contribution in [1.29, 1.82) is 0 Å². The first kappa shape index (κ1) is 16.8. The number of nitrogens with zero attached hydrogens (tertiary/aromatic N) is 2. The van der Waals surface area contributed by atoms with Crippen LogP contribution in [-0.4, -0.2) is 33.5 Å². The molecule has 2 fully saturated rings. The summed E-state index contributed by atoms with van der Waals surface area (Å²) in [4.78, 5) is 31.5. The van der Waals surface area contributed by atoms with Gasteiger partial charge in [0.15, 0.2) is 5.13 Å². The van der Waals surface area contributed by atoms with Crippen LogP contribution < -0.4 is 5.32 Å². The van der Waals surface area contributed by atoms with Gasteiger partial charge < -0.3 is 10.2 Å². The third kappa shape index (κ3) is 2.64. The first-order valence-electron chi connectivity index (χ1n) is 8.85. The molecule has 0 aliphatic carbocycles. The molecule has 0 spiro atoms. The van der Waals surface area contributed by atoms with E-state index >= 15 is 0 Å². The Kier molecular flexibility index (Phi) is 3.94. The first-order chi connectivity index (χ1) is 13.2. The van der Waals surface area contributed by atoms with E-state index in [-0.39, 0.29) is 11.8 Å². The van der Waals surface area contributed by atoms with Crippen molar-refractivity contribution in [2.24, 2.45) is 0 Å². The second kappa shape index (κ2) is 6.35. The summed E-state index contributed by atoms with van der Waals surface area (Å²) in [6.07, 6.45) is 1.22. The number of nitrogens with one attached hydrogen (secondary N) is 1. The van der Waals surface area contributed by atoms with Crippen LogP contribution in [0.4, 0.5) is 5.13 Å². The Balaban J connectivity index is 1.43. The average Bonchev–Trinajstić information content (AvgIpc) is 3.36. The van der Waals surface area contributed by atoms with Crippen molar-refractivity contribution in [1.82, 2.24) is 9.88 Å². The summed E-state index contributed by atoms with van der Waals surface area (Å²) in [6.45, 7) is 0. The van der Waals surface area contributed by atoms with Gasteiger partial charge in [-0.05, 0) is 24.1 Å². The Hall–Kier alpha value is -2.38. The maximum atomic E-state index is 13.0. The molecule has 136 valence electrons. The fourth-order valence-corrected chi connectivity index (χ4v) is 6.47. The minimum atomic E-state index is -0.475. The van der Waals surface area contributed by atoms with E-state index in [1.807, 2.05) is 54.6 Å². The van der Waals surface area contributed by atoms with E-state index in [9.17, 15) is 9.59 Å². The maximum Gasteiger partial charge on any atom is 0.249 e. The molecule has 2 aliphatic heterocycles. The predicted octanol–water partition coefficient (Wildman–Crippen LogP) is 3.83. The van der Waals surface area contributed by atoms with E-state index in [0.717, 1.165) is 22.2 Å². The Bertz CT molecular complexity index is 1000. The number of carbonyl (C=O) groups is 2. The highest BCUT2D eigenvalue weighted by atomic mass is 32.2. The molecule has 2 aliphatic rings. The van der Waals surface area contributed by atoms with Crippen molar-refractivity contribution >= 4 is 50.3 Å². The maximum absolute atomic E-state index is 13.0. The zero-order valence-electron chi connectivity index (χ0n) is 14.4. The molecular weight excluding hydrogens is 378 g/mol. The molecule has 2 atom stereocenters. The normalized spacial score (nSPS) is 24.4. The molecule has 0 radical (unpaired) electrons. The van der Waals surface area contributed by atoms with Gasteiger partial charge in [0.2, 0.25) is 11.8 Å². The zero-order chi connectivity index (χ0) is 18.4. The number of amides is 2. The number of rotatable bonds is 3. The van der Waals surface area contributed by atoms with Crippen LogP contribution >= 0.6 is 23.1 Å². The van der Waals surface area contributed by atoms with Crippen LogP contribution in [0.3, 0.4) is 0 Å². The molecule has 0 bridgehead atoms. The summed E-state index contributed by atoms with van der Waals surface area (Å²) in [5.41, 5.74) is 1.96. The third-order valence-corrected chi connectivity index (χ3v) is 7.73. The number of hydrogen-bond acceptors (Lipinski definition) is 5. The molecule has 5 nitrogen and oxygen atoms in total. The van der Waals surface area contributed by atoms with E-state index in [1.54, 1.807) is 16.7 Å². The summed E-state index contributed by atoms with van der Waals surface area (Å²) in [7, 11) is 0. The molecule has 0 unspecified atom stereocenters. The van der Waals surface area contributed by atoms with Crippen LogP contribution in [0.25, 0.3) is 10.2 Å². The minimum absolute atomic E-state index is 0.0494. The van der Waals surface area contributed by atoms with Gasteiger partial charge in [-0.15, -0.1) is 11.8 Å². The summed E-state index contributed by atoms with van der Waals surface area (Å²) >= 11 is 3.15. The van der Waals surface area contributed by atoms with E-state index in [0.29, 0.717) is 17.3 Å². The topological polar surface area (TPSA) is 62.3 Å². The molecule has 2 aromatic carbocycles. The molecule has 1 aromatic heterocycles. The van der Waals surface area contributed by atoms with Crippen molar-refractivity contribution in [3.63, 3.8) is 0 Å². The summed E-state index contributed by atoms with van der Waals surface area (Å²) < 4.78 is 1.03. The monoisotopic (exact) mass is 395 g/mol. The van der Waals surface area contributed by atoms with E-state index in [2.05, 4.69) is 10.3 Å². The number of thioether (sulfide) groups is 1. The van der Waals surface area contributed by atoms with Crippen molar-refractivity contribution in [2.75, 3.05) is 11.1 Å². The lowest BCUT2D eigenvalue weighted by atomic mass is 10.0. The average molecular weight is 396 g/mol. The molecule has 5 rings (SSSR count). The Morgan fingerprint density at radius 3 is 2.74 bits per heavy atom. The zero-order valence-corrected chi connectivity index (χ0v) is 16.1. The van der Waals surface area contributed by atoms with E-state index in [1.165, 1.54) is 11.3 Å². The number of anilines is 1. The van der Waals surface area contributed by atoms with Crippen LogP contribution in [-0.2, 0) is 14.5 Å². The van der Waals surface area contributed by atoms with E-state index in [4.69, 9.17) is 0 Å². The highest BCUT2D eigenvalue weighted by Gasteiger charge is 2.56. The van der Waals surface area contributed by atoms with Gasteiger partial charge in [-0.3, -0.25) is 9.59 Å². The third-order valence-electron chi connectivity index (χ3n) is 5.18. The molecule has 7 heteroatoms. The van der Waals surface area contributed by atoms with Crippen molar-refractivity contribution < 1.29 is 9.59 Å². The molecule has 2 saturated heterocycles. The number of aromatic nitrogens is 1. The highest BCUT2D eigenvalue weighted by molar-refractivity contribution is 8.00. The van der Waals surface area contributed by atoms with Crippen molar-refractivity contribution in [3.05, 3.63) is 60.2 Å². The Labute approximate surface area is 164 Å². The predicted molar refractivity (Wildman–Crippen MR) is 109 cm³/mol. The standard InChI is InChI=1S/C20H17N3O2S2/c24-17-10-11-20(13-6-2-1-3-7-13)23(17)15(12-26-20)18(25)22-19-21-14-8-4-5-9-16(14)27-19/h1-9,15H,10-12H2,(H,21,22,25)/t15-,20-/m1/s1. The lowest BCUT2D eigenvalue weighted by Gasteiger charge is -2.33. The largest absolute Gasteiger partial charge is 0.311 e. The van der Waals surface area contributed by atoms with Gasteiger partial charge in [-0.25, -0.2) is 4.98 Å². The quantitative estimate of drug-likeness (QED) is 0.732. The molecular formula is C20H17N3O2S2. The Morgan fingerprint density at radius 1 is 1.15 bits per heavy atom. The van der Waals surface area contributed by atoms with Crippen LogP contribution in [0.5, 0.6) is 0 Å². The van der Waals surface area contributed by atoms with Gasteiger partial charge in [0.25, 0.3) is 0 Å². The molecule has 0 saturated carbocycles. The lowest BCUT2D eigenvalue weighted by molar-refractivity contribution is -0.136. The fraction of sp³-hybridized carbons (Fsp3) is 0.250. The first-order valence-corrected chi connectivity index (χ1v) is 10.7. The molecule has 27 heavy (non-hydrogen) atoms. The van der Waals surface area contributed by atoms with Gasteiger partial charge in [-0.1, -0.05) is 53.8 Å². The lowest BCUT2D eigenvalue weighted by Crippen LogP contribution is -2.48. The number of carbonyl (C=O) groups excluding carboxylic acids is 2.